The fraction of sp³-hybridized carbons (Fsp3) is 0.0714. The molecule has 0 spiro atoms. The van der Waals surface area contributed by atoms with Gasteiger partial charge in [-0.05, 0) is 48.9 Å². The molecule has 0 atom stereocenters. The van der Waals surface area contributed by atoms with E-state index in [4.69, 9.17) is 0 Å². The van der Waals surface area contributed by atoms with Crippen LogP contribution in [0.3, 0.4) is 0 Å². The van der Waals surface area contributed by atoms with Crippen LogP contribution in [-0.2, 0) is 0 Å². The second-order valence-electron chi connectivity index (χ2n) is 3.90. The first-order valence-corrected chi connectivity index (χ1v) is 5.72. The van der Waals surface area contributed by atoms with E-state index in [2.05, 4.69) is 15.5 Å². The minimum Gasteiger partial charge on any atom is -0.508 e. The van der Waals surface area contributed by atoms with Gasteiger partial charge in [-0.25, -0.2) is 5.43 Å². The quantitative estimate of drug-likeness (QED) is 0.650. The average Bonchev–Trinajstić information content (AvgIpc) is 2.46. The molecule has 2 aromatic rings. The maximum Gasteiger partial charge on any atom is 0.289 e. The molecule has 0 aliphatic carbocycles. The predicted octanol–water partition coefficient (Wildman–Crippen LogP) is 1.94. The lowest BCUT2D eigenvalue weighted by Gasteiger charge is -2.02. The van der Waals surface area contributed by atoms with Crippen molar-refractivity contribution in [1.29, 1.82) is 0 Å². The van der Waals surface area contributed by atoms with E-state index in [1.807, 2.05) is 0 Å². The number of benzene rings is 1. The molecular weight excluding hydrogens is 242 g/mol. The first-order valence-electron chi connectivity index (χ1n) is 5.72. The van der Waals surface area contributed by atoms with E-state index in [9.17, 15) is 9.90 Å². The maximum atomic E-state index is 11.7. The molecule has 1 aromatic carbocycles. The molecular formula is C14H13N3O2. The molecule has 19 heavy (non-hydrogen) atoms. The number of carbonyl (C=O) groups excluding carboxylic acids is 1. The molecule has 0 radical (unpaired) electrons. The summed E-state index contributed by atoms with van der Waals surface area (Å²) in [5.41, 5.74) is 4.21. The first kappa shape index (κ1) is 12.8. The molecule has 0 fully saturated rings. The highest BCUT2D eigenvalue weighted by Gasteiger charge is 2.05. The van der Waals surface area contributed by atoms with Crippen LogP contribution in [0.15, 0.2) is 53.8 Å². The third-order valence-electron chi connectivity index (χ3n) is 2.51. The third kappa shape index (κ3) is 3.38. The first-order chi connectivity index (χ1) is 9.16. The number of pyridine rings is 1. The highest BCUT2D eigenvalue weighted by Crippen LogP contribution is 2.10. The Hall–Kier alpha value is -2.69. The van der Waals surface area contributed by atoms with Gasteiger partial charge in [0.2, 0.25) is 0 Å². The van der Waals surface area contributed by atoms with Crippen molar-refractivity contribution < 1.29 is 9.90 Å². The van der Waals surface area contributed by atoms with Crippen LogP contribution in [0.5, 0.6) is 5.75 Å². The smallest absolute Gasteiger partial charge is 0.289 e. The Bertz CT molecular complexity index is 592. The lowest BCUT2D eigenvalue weighted by atomic mass is 10.1. The average molecular weight is 255 g/mol. The molecule has 2 rings (SSSR count). The van der Waals surface area contributed by atoms with Crippen LogP contribution < -0.4 is 5.43 Å². The number of nitrogens with one attached hydrogen (secondary N) is 1. The van der Waals surface area contributed by atoms with E-state index < -0.39 is 0 Å². The Kier molecular flexibility index (Phi) is 3.87. The number of hydrogen-bond donors (Lipinski definition) is 2. The van der Waals surface area contributed by atoms with Crippen LogP contribution in [0, 0.1) is 0 Å². The highest BCUT2D eigenvalue weighted by molar-refractivity contribution is 6.00. The van der Waals surface area contributed by atoms with Gasteiger partial charge >= 0.3 is 0 Å². The zero-order chi connectivity index (χ0) is 13.7. The van der Waals surface area contributed by atoms with Crippen molar-refractivity contribution in [3.8, 4) is 5.75 Å². The molecule has 0 aliphatic rings. The summed E-state index contributed by atoms with van der Waals surface area (Å²) in [5, 5.41) is 13.2. The summed E-state index contributed by atoms with van der Waals surface area (Å²) < 4.78 is 0. The number of aromatic hydroxyl groups is 1. The van der Waals surface area contributed by atoms with Gasteiger partial charge in [-0.1, -0.05) is 6.07 Å². The van der Waals surface area contributed by atoms with Crippen molar-refractivity contribution in [2.24, 2.45) is 5.10 Å². The highest BCUT2D eigenvalue weighted by atomic mass is 16.3. The van der Waals surface area contributed by atoms with Crippen molar-refractivity contribution in [3.63, 3.8) is 0 Å². The summed E-state index contributed by atoms with van der Waals surface area (Å²) >= 11 is 0. The Morgan fingerprint density at radius 2 is 1.95 bits per heavy atom. The van der Waals surface area contributed by atoms with Gasteiger partial charge in [0.1, 0.15) is 11.4 Å². The van der Waals surface area contributed by atoms with Crippen LogP contribution in [0.1, 0.15) is 23.0 Å². The van der Waals surface area contributed by atoms with E-state index in [1.54, 1.807) is 55.6 Å². The van der Waals surface area contributed by atoms with Crippen molar-refractivity contribution in [3.05, 3.63) is 59.9 Å². The van der Waals surface area contributed by atoms with Crippen LogP contribution >= 0.6 is 0 Å². The van der Waals surface area contributed by atoms with Gasteiger partial charge in [-0.3, -0.25) is 9.78 Å². The van der Waals surface area contributed by atoms with Gasteiger partial charge in [0.15, 0.2) is 0 Å². The number of nitrogens with zero attached hydrogens (tertiary/aromatic N) is 2. The van der Waals surface area contributed by atoms with Crippen molar-refractivity contribution in [1.82, 2.24) is 10.4 Å². The maximum absolute atomic E-state index is 11.7. The molecule has 1 heterocycles. The minimum atomic E-state index is -0.362. The summed E-state index contributed by atoms with van der Waals surface area (Å²) in [6.07, 6.45) is 1.55. The van der Waals surface area contributed by atoms with Crippen molar-refractivity contribution in [2.75, 3.05) is 0 Å². The lowest BCUT2D eigenvalue weighted by molar-refractivity contribution is 0.0950. The largest absolute Gasteiger partial charge is 0.508 e. The van der Waals surface area contributed by atoms with Crippen molar-refractivity contribution in [2.45, 2.75) is 6.92 Å². The molecule has 0 aliphatic heterocycles. The molecule has 0 saturated carbocycles. The number of phenols is 1. The van der Waals surface area contributed by atoms with Crippen LogP contribution in [0.2, 0.25) is 0 Å². The van der Waals surface area contributed by atoms with Crippen LogP contribution in [-0.4, -0.2) is 21.7 Å². The summed E-state index contributed by atoms with van der Waals surface area (Å²) in [7, 11) is 0. The van der Waals surface area contributed by atoms with E-state index in [-0.39, 0.29) is 11.7 Å². The van der Waals surface area contributed by atoms with Gasteiger partial charge in [0, 0.05) is 6.20 Å². The van der Waals surface area contributed by atoms with Gasteiger partial charge in [0.25, 0.3) is 5.91 Å². The monoisotopic (exact) mass is 255 g/mol. The van der Waals surface area contributed by atoms with Crippen molar-refractivity contribution >= 4 is 11.6 Å². The second-order valence-corrected chi connectivity index (χ2v) is 3.90. The van der Waals surface area contributed by atoms with Gasteiger partial charge < -0.3 is 5.11 Å². The molecule has 1 aromatic heterocycles. The van der Waals surface area contributed by atoms with Gasteiger partial charge in [0.05, 0.1) is 5.71 Å². The minimum absolute atomic E-state index is 0.189. The molecule has 0 saturated heterocycles. The van der Waals surface area contributed by atoms with Gasteiger partial charge in [-0.2, -0.15) is 5.10 Å². The Balaban J connectivity index is 2.06. The van der Waals surface area contributed by atoms with E-state index >= 15 is 0 Å². The fourth-order valence-electron chi connectivity index (χ4n) is 1.46. The van der Waals surface area contributed by atoms with Crippen LogP contribution in [0.4, 0.5) is 0 Å². The van der Waals surface area contributed by atoms with E-state index in [0.29, 0.717) is 11.4 Å². The lowest BCUT2D eigenvalue weighted by Crippen LogP contribution is -2.20. The molecule has 0 unspecified atom stereocenters. The van der Waals surface area contributed by atoms with Crippen LogP contribution in [0.25, 0.3) is 0 Å². The third-order valence-corrected chi connectivity index (χ3v) is 2.51. The number of rotatable bonds is 3. The SMILES string of the molecule is CC(=NNC(=O)c1ccccn1)c1ccc(O)cc1. The fourth-order valence-corrected chi connectivity index (χ4v) is 1.46. The van der Waals surface area contributed by atoms with Gasteiger partial charge in [-0.15, -0.1) is 0 Å². The summed E-state index contributed by atoms with van der Waals surface area (Å²) in [6.45, 7) is 1.77. The molecule has 0 bridgehead atoms. The Morgan fingerprint density at radius 3 is 2.58 bits per heavy atom. The zero-order valence-corrected chi connectivity index (χ0v) is 10.4. The summed E-state index contributed by atoms with van der Waals surface area (Å²) in [6, 6.07) is 11.7. The number of aromatic nitrogens is 1. The second kappa shape index (κ2) is 5.77. The topological polar surface area (TPSA) is 74.6 Å². The van der Waals surface area contributed by atoms with E-state index in [1.165, 1.54) is 0 Å². The molecule has 1 amide bonds. The number of carbonyl (C=O) groups is 1. The molecule has 5 heteroatoms. The number of phenolic OH excluding ortho intramolecular Hbond substituents is 1. The Labute approximate surface area is 110 Å². The zero-order valence-electron chi connectivity index (χ0n) is 10.4. The Morgan fingerprint density at radius 1 is 1.21 bits per heavy atom. The molecule has 5 nitrogen and oxygen atoms in total. The van der Waals surface area contributed by atoms with E-state index in [0.717, 1.165) is 5.56 Å². The predicted molar refractivity (Wildman–Crippen MR) is 72.0 cm³/mol. The molecule has 96 valence electrons. The molecule has 2 N–H and O–H groups in total. The standard InChI is InChI=1S/C14H13N3O2/c1-10(11-5-7-12(18)8-6-11)16-17-14(19)13-4-2-3-9-15-13/h2-9,18H,1H3,(H,17,19). The number of hydrazone groups is 1. The summed E-state index contributed by atoms with van der Waals surface area (Å²) in [4.78, 5) is 15.6. The summed E-state index contributed by atoms with van der Waals surface area (Å²) in [5.74, 6) is -0.173. The normalized spacial score (nSPS) is 11.1. The number of hydrogen-bond acceptors (Lipinski definition) is 4. The number of amides is 1.